The third-order valence-electron chi connectivity index (χ3n) is 8.13. The number of nitrogens with zero attached hydrogens (tertiary/aromatic N) is 4. The van der Waals surface area contributed by atoms with Crippen molar-refractivity contribution in [2.24, 2.45) is 23.2 Å². The van der Waals surface area contributed by atoms with Crippen molar-refractivity contribution < 1.29 is 9.59 Å². The number of aryl methyl sites for hydroxylation is 2. The number of hydrogen-bond acceptors (Lipinski definition) is 5. The van der Waals surface area contributed by atoms with E-state index in [2.05, 4.69) is 32.6 Å². The van der Waals surface area contributed by atoms with Crippen LogP contribution in [-0.4, -0.2) is 44.7 Å². The Balaban J connectivity index is 1.28. The van der Waals surface area contributed by atoms with Crippen molar-refractivity contribution in [3.8, 4) is 5.95 Å². The SMILES string of the molecule is CCCCNC(=O)c1nc(-n2cc(C(=O)NCC34CC5CC(CC(C5)C3)C4)c(C)n2)ncc1C. The molecular formula is C26H36N6O2. The molecule has 182 valence electrons. The lowest BCUT2D eigenvalue weighted by atomic mass is 9.49. The van der Waals surface area contributed by atoms with Crippen LogP contribution >= 0.6 is 0 Å². The van der Waals surface area contributed by atoms with Crippen LogP contribution in [0.1, 0.15) is 90.4 Å². The maximum absolute atomic E-state index is 13.1. The summed E-state index contributed by atoms with van der Waals surface area (Å²) < 4.78 is 1.50. The average Bonchev–Trinajstić information content (AvgIpc) is 3.18. The van der Waals surface area contributed by atoms with Crippen molar-refractivity contribution in [1.82, 2.24) is 30.4 Å². The zero-order valence-corrected chi connectivity index (χ0v) is 20.6. The van der Waals surface area contributed by atoms with Crippen LogP contribution < -0.4 is 10.6 Å². The Morgan fingerprint density at radius 1 is 1.06 bits per heavy atom. The Morgan fingerprint density at radius 3 is 2.38 bits per heavy atom. The van der Waals surface area contributed by atoms with Crippen molar-refractivity contribution >= 4 is 11.8 Å². The van der Waals surface area contributed by atoms with Crippen LogP contribution in [0.25, 0.3) is 5.95 Å². The summed E-state index contributed by atoms with van der Waals surface area (Å²) in [5.74, 6) is 2.56. The third-order valence-corrected chi connectivity index (χ3v) is 8.13. The van der Waals surface area contributed by atoms with E-state index in [1.165, 1.54) is 43.2 Å². The van der Waals surface area contributed by atoms with Crippen molar-refractivity contribution in [2.75, 3.05) is 13.1 Å². The van der Waals surface area contributed by atoms with Crippen LogP contribution in [0, 0.1) is 37.0 Å². The lowest BCUT2D eigenvalue weighted by Crippen LogP contribution is -2.51. The summed E-state index contributed by atoms with van der Waals surface area (Å²) in [4.78, 5) is 34.5. The molecular weight excluding hydrogens is 428 g/mol. The molecule has 2 heterocycles. The molecule has 0 saturated heterocycles. The molecule has 2 aromatic heterocycles. The van der Waals surface area contributed by atoms with Crippen LogP contribution in [0.2, 0.25) is 0 Å². The predicted molar refractivity (Wildman–Crippen MR) is 129 cm³/mol. The maximum atomic E-state index is 13.1. The van der Waals surface area contributed by atoms with Crippen LogP contribution in [0.3, 0.4) is 0 Å². The fourth-order valence-electron chi connectivity index (χ4n) is 6.89. The Kier molecular flexibility index (Phi) is 6.16. The number of aromatic nitrogens is 4. The second kappa shape index (κ2) is 9.12. The smallest absolute Gasteiger partial charge is 0.270 e. The van der Waals surface area contributed by atoms with Crippen molar-refractivity contribution in [3.63, 3.8) is 0 Å². The highest BCUT2D eigenvalue weighted by Crippen LogP contribution is 2.59. The normalized spacial score (nSPS) is 27.1. The van der Waals surface area contributed by atoms with Crippen molar-refractivity contribution in [2.45, 2.75) is 72.1 Å². The minimum absolute atomic E-state index is 0.0934. The summed E-state index contributed by atoms with van der Waals surface area (Å²) in [5.41, 5.74) is 2.48. The molecule has 0 aliphatic heterocycles. The van der Waals surface area contributed by atoms with Crippen LogP contribution in [-0.2, 0) is 0 Å². The van der Waals surface area contributed by atoms with Gasteiger partial charge in [0.1, 0.15) is 5.69 Å². The quantitative estimate of drug-likeness (QED) is 0.579. The van der Waals surface area contributed by atoms with Gasteiger partial charge in [-0.25, -0.2) is 14.6 Å². The number of carbonyl (C=O) groups is 2. The second-order valence-electron chi connectivity index (χ2n) is 11.0. The van der Waals surface area contributed by atoms with Crippen LogP contribution in [0.4, 0.5) is 0 Å². The fraction of sp³-hybridized carbons (Fsp3) is 0.654. The molecule has 4 bridgehead atoms. The molecule has 4 aliphatic carbocycles. The van der Waals surface area contributed by atoms with Crippen molar-refractivity contribution in [3.05, 3.63) is 34.9 Å². The lowest BCUT2D eigenvalue weighted by Gasteiger charge is -2.56. The van der Waals surface area contributed by atoms with Gasteiger partial charge < -0.3 is 10.6 Å². The van der Waals surface area contributed by atoms with E-state index in [1.807, 2.05) is 13.8 Å². The fourth-order valence-corrected chi connectivity index (χ4v) is 6.89. The molecule has 0 spiro atoms. The Hall–Kier alpha value is -2.77. The van der Waals surface area contributed by atoms with E-state index in [0.29, 0.717) is 29.1 Å². The number of rotatable bonds is 8. The molecule has 2 aromatic rings. The van der Waals surface area contributed by atoms with Gasteiger partial charge >= 0.3 is 0 Å². The number of carbonyl (C=O) groups excluding carboxylic acids is 2. The molecule has 4 saturated carbocycles. The summed E-state index contributed by atoms with van der Waals surface area (Å²) >= 11 is 0. The van der Waals surface area contributed by atoms with Crippen LogP contribution in [0.15, 0.2) is 12.4 Å². The van der Waals surface area contributed by atoms with Gasteiger partial charge in [0, 0.05) is 25.5 Å². The largest absolute Gasteiger partial charge is 0.351 e. The van der Waals surface area contributed by atoms with E-state index < -0.39 is 0 Å². The second-order valence-corrected chi connectivity index (χ2v) is 11.0. The molecule has 2 N–H and O–H groups in total. The van der Waals surface area contributed by atoms with Crippen molar-refractivity contribution in [1.29, 1.82) is 0 Å². The van der Waals surface area contributed by atoms with Gasteiger partial charge in [0.2, 0.25) is 0 Å². The molecule has 0 aromatic carbocycles. The molecule has 34 heavy (non-hydrogen) atoms. The third kappa shape index (κ3) is 4.46. The van der Waals surface area contributed by atoms with Gasteiger partial charge in [-0.2, -0.15) is 5.10 Å². The first-order chi connectivity index (χ1) is 16.4. The monoisotopic (exact) mass is 464 g/mol. The Morgan fingerprint density at radius 2 is 1.74 bits per heavy atom. The van der Waals surface area contributed by atoms with Gasteiger partial charge in [-0.05, 0) is 87.5 Å². The van der Waals surface area contributed by atoms with E-state index in [0.717, 1.165) is 37.1 Å². The molecule has 8 heteroatoms. The zero-order chi connectivity index (χ0) is 23.9. The topological polar surface area (TPSA) is 102 Å². The Labute approximate surface area is 201 Å². The summed E-state index contributed by atoms with van der Waals surface area (Å²) in [6, 6.07) is 0. The summed E-state index contributed by atoms with van der Waals surface area (Å²) in [5, 5.41) is 10.6. The highest BCUT2D eigenvalue weighted by Gasteiger charge is 2.50. The number of nitrogens with one attached hydrogen (secondary N) is 2. The van der Waals surface area contributed by atoms with Gasteiger partial charge in [0.25, 0.3) is 17.8 Å². The van der Waals surface area contributed by atoms with E-state index in [1.54, 1.807) is 12.4 Å². The van der Waals surface area contributed by atoms with Gasteiger partial charge in [-0.1, -0.05) is 13.3 Å². The van der Waals surface area contributed by atoms with E-state index in [9.17, 15) is 9.59 Å². The van der Waals surface area contributed by atoms with Gasteiger partial charge in [0.05, 0.1) is 11.3 Å². The van der Waals surface area contributed by atoms with Gasteiger partial charge in [-0.15, -0.1) is 0 Å². The van der Waals surface area contributed by atoms with Gasteiger partial charge in [0.15, 0.2) is 0 Å². The molecule has 0 atom stereocenters. The highest BCUT2D eigenvalue weighted by molar-refractivity contribution is 5.95. The van der Waals surface area contributed by atoms with Crippen LogP contribution in [0.5, 0.6) is 0 Å². The van der Waals surface area contributed by atoms with E-state index in [-0.39, 0.29) is 23.2 Å². The first kappa shape index (κ1) is 23.0. The zero-order valence-electron chi connectivity index (χ0n) is 20.6. The molecule has 0 unspecified atom stereocenters. The summed E-state index contributed by atoms with van der Waals surface area (Å²) in [6.45, 7) is 7.09. The minimum atomic E-state index is -0.216. The molecule has 2 amide bonds. The first-order valence-electron chi connectivity index (χ1n) is 12.8. The summed E-state index contributed by atoms with van der Waals surface area (Å²) in [6.07, 6.45) is 13.2. The summed E-state index contributed by atoms with van der Waals surface area (Å²) in [7, 11) is 0. The molecule has 4 fully saturated rings. The number of amides is 2. The maximum Gasteiger partial charge on any atom is 0.270 e. The minimum Gasteiger partial charge on any atom is -0.351 e. The molecule has 6 rings (SSSR count). The molecule has 8 nitrogen and oxygen atoms in total. The first-order valence-corrected chi connectivity index (χ1v) is 12.8. The predicted octanol–water partition coefficient (Wildman–Crippen LogP) is 3.76. The standard InChI is InChI=1S/C26H36N6O2/c1-4-5-6-27-24(34)22-16(2)13-28-25(30-22)32-14-21(17(3)31-32)23(33)29-15-26-10-18-7-19(11-26)9-20(8-18)12-26/h13-14,18-20H,4-12,15H2,1-3H3,(H,27,34)(H,29,33). The Bertz CT molecular complexity index is 1060. The molecule has 4 aliphatic rings. The molecule has 0 radical (unpaired) electrons. The number of hydrogen-bond donors (Lipinski definition) is 2. The average molecular weight is 465 g/mol. The van der Waals surface area contributed by atoms with E-state index in [4.69, 9.17) is 0 Å². The number of unbranched alkanes of at least 4 members (excludes halogenated alkanes) is 1. The highest BCUT2D eigenvalue weighted by atomic mass is 16.2. The lowest BCUT2D eigenvalue weighted by molar-refractivity contribution is -0.0503. The van der Waals surface area contributed by atoms with E-state index >= 15 is 0 Å². The van der Waals surface area contributed by atoms with Gasteiger partial charge in [-0.3, -0.25) is 9.59 Å².